The molecule has 0 radical (unpaired) electrons. The van der Waals surface area contributed by atoms with Crippen molar-refractivity contribution in [3.63, 3.8) is 0 Å². The largest absolute Gasteiger partial charge is 0.464 e. The van der Waals surface area contributed by atoms with Gasteiger partial charge in [-0.25, -0.2) is 9.18 Å². The first kappa shape index (κ1) is 17.6. The Labute approximate surface area is 126 Å². The molecular weight excluding hydrogens is 271 g/mol. The Bertz CT molecular complexity index is 390. The van der Waals surface area contributed by atoms with Crippen LogP contribution in [0.15, 0.2) is 24.3 Å². The van der Waals surface area contributed by atoms with Crippen molar-refractivity contribution in [2.75, 3.05) is 19.8 Å². The highest BCUT2D eigenvalue weighted by Crippen LogP contribution is 2.10. The molecule has 1 aromatic carbocycles. The number of hydrogen-bond donors (Lipinski definition) is 0. The lowest BCUT2D eigenvalue weighted by Crippen LogP contribution is -2.12. The van der Waals surface area contributed by atoms with Crippen molar-refractivity contribution in [2.24, 2.45) is 0 Å². The summed E-state index contributed by atoms with van der Waals surface area (Å²) >= 11 is 0. The predicted octanol–water partition coefficient (Wildman–Crippen LogP) is 3.90. The van der Waals surface area contributed by atoms with Gasteiger partial charge in [-0.3, -0.25) is 0 Å². The quantitative estimate of drug-likeness (QED) is 0.459. The molecule has 1 aromatic rings. The van der Waals surface area contributed by atoms with Gasteiger partial charge in [-0.1, -0.05) is 31.4 Å². The number of benzene rings is 1. The molecule has 0 atom stereocenters. The van der Waals surface area contributed by atoms with Crippen LogP contribution in [-0.4, -0.2) is 25.8 Å². The predicted molar refractivity (Wildman–Crippen MR) is 80.6 cm³/mol. The maximum Gasteiger partial charge on any atom is 0.332 e. The third-order valence-electron chi connectivity index (χ3n) is 3.19. The summed E-state index contributed by atoms with van der Waals surface area (Å²) in [4.78, 5) is 11.0. The molecular formula is C17H25FO3. The van der Waals surface area contributed by atoms with Crippen LogP contribution in [0.2, 0.25) is 0 Å². The van der Waals surface area contributed by atoms with Gasteiger partial charge in [0.05, 0.1) is 6.61 Å². The van der Waals surface area contributed by atoms with E-state index in [4.69, 9.17) is 9.47 Å². The number of carbonyl (C=O) groups excluding carboxylic acids is 1. The van der Waals surface area contributed by atoms with Crippen molar-refractivity contribution in [2.45, 2.75) is 45.4 Å². The van der Waals surface area contributed by atoms with Crippen LogP contribution >= 0.6 is 0 Å². The summed E-state index contributed by atoms with van der Waals surface area (Å²) < 4.78 is 22.7. The fourth-order valence-electron chi connectivity index (χ4n) is 2.07. The lowest BCUT2D eigenvalue weighted by atomic mass is 10.1. The maximum atomic E-state index is 12.7. The van der Waals surface area contributed by atoms with E-state index in [1.807, 2.05) is 12.1 Å². The van der Waals surface area contributed by atoms with Gasteiger partial charge in [0.2, 0.25) is 0 Å². The van der Waals surface area contributed by atoms with E-state index in [1.165, 1.54) is 17.7 Å². The van der Waals surface area contributed by atoms with Crippen molar-refractivity contribution in [1.29, 1.82) is 0 Å². The first-order valence-corrected chi connectivity index (χ1v) is 7.70. The van der Waals surface area contributed by atoms with Crippen LogP contribution in [0.5, 0.6) is 0 Å². The Kier molecular flexibility index (Phi) is 9.46. The monoisotopic (exact) mass is 296 g/mol. The molecule has 0 aliphatic carbocycles. The lowest BCUT2D eigenvalue weighted by Gasteiger charge is -2.04. The molecule has 1 rings (SSSR count). The molecule has 0 unspecified atom stereocenters. The molecule has 4 heteroatoms. The molecule has 0 N–H and O–H groups in total. The van der Waals surface area contributed by atoms with E-state index in [0.29, 0.717) is 13.2 Å². The van der Waals surface area contributed by atoms with E-state index in [1.54, 1.807) is 6.92 Å². The smallest absolute Gasteiger partial charge is 0.332 e. The summed E-state index contributed by atoms with van der Waals surface area (Å²) in [6.45, 7) is 2.84. The minimum Gasteiger partial charge on any atom is -0.464 e. The van der Waals surface area contributed by atoms with Crippen LogP contribution in [0.4, 0.5) is 4.39 Å². The van der Waals surface area contributed by atoms with E-state index in [0.717, 1.165) is 38.5 Å². The van der Waals surface area contributed by atoms with Crippen molar-refractivity contribution < 1.29 is 18.7 Å². The Hall–Kier alpha value is -1.42. The minimum atomic E-state index is -0.295. The second kappa shape index (κ2) is 11.3. The molecule has 3 nitrogen and oxygen atoms in total. The Morgan fingerprint density at radius 1 is 1.05 bits per heavy atom. The highest BCUT2D eigenvalue weighted by atomic mass is 19.1. The summed E-state index contributed by atoms with van der Waals surface area (Å²) in [5.74, 6) is -0.474. The van der Waals surface area contributed by atoms with Gasteiger partial charge in [0.25, 0.3) is 0 Å². The van der Waals surface area contributed by atoms with Crippen LogP contribution in [0.1, 0.15) is 44.6 Å². The van der Waals surface area contributed by atoms with E-state index < -0.39 is 0 Å². The van der Waals surface area contributed by atoms with Gasteiger partial charge < -0.3 is 9.47 Å². The molecule has 21 heavy (non-hydrogen) atoms. The molecule has 0 aliphatic heterocycles. The number of aryl methyl sites for hydroxylation is 1. The summed E-state index contributed by atoms with van der Waals surface area (Å²) in [5, 5.41) is 0. The van der Waals surface area contributed by atoms with Gasteiger partial charge in [-0.2, -0.15) is 0 Å². The third-order valence-corrected chi connectivity index (χ3v) is 3.19. The molecule has 0 heterocycles. The number of rotatable bonds is 11. The van der Waals surface area contributed by atoms with Gasteiger partial charge >= 0.3 is 5.97 Å². The van der Waals surface area contributed by atoms with Crippen molar-refractivity contribution in [1.82, 2.24) is 0 Å². The topological polar surface area (TPSA) is 35.5 Å². The van der Waals surface area contributed by atoms with Gasteiger partial charge in [0.1, 0.15) is 12.4 Å². The second-order valence-electron chi connectivity index (χ2n) is 5.00. The normalized spacial score (nSPS) is 10.6. The van der Waals surface area contributed by atoms with E-state index in [2.05, 4.69) is 0 Å². The average molecular weight is 296 g/mol. The molecule has 0 aromatic heterocycles. The van der Waals surface area contributed by atoms with E-state index in [9.17, 15) is 9.18 Å². The zero-order chi connectivity index (χ0) is 15.3. The fraction of sp³-hybridized carbons (Fsp3) is 0.588. The number of halogens is 1. The van der Waals surface area contributed by atoms with Gasteiger partial charge in [-0.05, 0) is 43.9 Å². The number of unbranched alkanes of at least 4 members (excludes halogenated alkanes) is 4. The third kappa shape index (κ3) is 9.19. The summed E-state index contributed by atoms with van der Waals surface area (Å²) in [5.41, 5.74) is 1.19. The summed E-state index contributed by atoms with van der Waals surface area (Å²) in [6.07, 6.45) is 6.51. The number of ether oxygens (including phenoxy) is 2. The van der Waals surface area contributed by atoms with Crippen molar-refractivity contribution in [3.8, 4) is 0 Å². The number of carbonyl (C=O) groups is 1. The van der Waals surface area contributed by atoms with Crippen LogP contribution < -0.4 is 0 Å². The van der Waals surface area contributed by atoms with E-state index >= 15 is 0 Å². The number of esters is 1. The van der Waals surface area contributed by atoms with Crippen molar-refractivity contribution in [3.05, 3.63) is 35.6 Å². The van der Waals surface area contributed by atoms with E-state index in [-0.39, 0.29) is 18.4 Å². The first-order chi connectivity index (χ1) is 10.2. The Morgan fingerprint density at radius 3 is 2.43 bits per heavy atom. The molecule has 0 spiro atoms. The standard InChI is InChI=1S/C17H25FO3/c1-2-21-17(19)14-20-13-7-5-3-4-6-8-15-9-11-16(18)12-10-15/h9-12H,2-8,13-14H2,1H3. The highest BCUT2D eigenvalue weighted by Gasteiger charge is 2.00. The molecule has 118 valence electrons. The van der Waals surface area contributed by atoms with Gasteiger partial charge in [-0.15, -0.1) is 0 Å². The molecule has 0 saturated heterocycles. The van der Waals surface area contributed by atoms with Gasteiger partial charge in [0, 0.05) is 6.61 Å². The number of hydrogen-bond acceptors (Lipinski definition) is 3. The van der Waals surface area contributed by atoms with Gasteiger partial charge in [0.15, 0.2) is 0 Å². The second-order valence-corrected chi connectivity index (χ2v) is 5.00. The molecule has 0 amide bonds. The first-order valence-electron chi connectivity index (χ1n) is 7.70. The average Bonchev–Trinajstić information content (AvgIpc) is 2.47. The molecule has 0 saturated carbocycles. The summed E-state index contributed by atoms with van der Waals surface area (Å²) in [6, 6.07) is 6.71. The van der Waals surface area contributed by atoms with Crippen LogP contribution in [-0.2, 0) is 20.7 Å². The maximum absolute atomic E-state index is 12.7. The molecule has 0 bridgehead atoms. The summed E-state index contributed by atoms with van der Waals surface area (Å²) in [7, 11) is 0. The van der Waals surface area contributed by atoms with Crippen LogP contribution in [0, 0.1) is 5.82 Å². The SMILES string of the molecule is CCOC(=O)COCCCCCCCc1ccc(F)cc1. The Balaban J connectivity index is 1.88. The molecule has 0 fully saturated rings. The molecule has 0 aliphatic rings. The Morgan fingerprint density at radius 2 is 1.71 bits per heavy atom. The fourth-order valence-corrected chi connectivity index (χ4v) is 2.07. The zero-order valence-corrected chi connectivity index (χ0v) is 12.8. The van der Waals surface area contributed by atoms with Crippen molar-refractivity contribution >= 4 is 5.97 Å². The van der Waals surface area contributed by atoms with Crippen LogP contribution in [0.25, 0.3) is 0 Å². The highest BCUT2D eigenvalue weighted by molar-refractivity contribution is 5.70. The lowest BCUT2D eigenvalue weighted by molar-refractivity contribution is -0.148. The zero-order valence-electron chi connectivity index (χ0n) is 12.8. The minimum absolute atomic E-state index is 0.0540. The van der Waals surface area contributed by atoms with Crippen LogP contribution in [0.3, 0.4) is 0 Å².